The monoisotopic (exact) mass is 170 g/mol. The van der Waals surface area contributed by atoms with Gasteiger partial charge < -0.3 is 11.1 Å². The van der Waals surface area contributed by atoms with Crippen LogP contribution in [0.3, 0.4) is 0 Å². The standard InChI is InChI=1S/C10H22N2/c1-8(2)12-7-10(6-11)9-4-3-5-9/h8-10,12H,3-7,11H2,1-2H3. The van der Waals surface area contributed by atoms with Crippen LogP contribution >= 0.6 is 0 Å². The lowest BCUT2D eigenvalue weighted by Crippen LogP contribution is -2.38. The lowest BCUT2D eigenvalue weighted by molar-refractivity contribution is 0.203. The summed E-state index contributed by atoms with van der Waals surface area (Å²) in [5.74, 6) is 1.64. The Labute approximate surface area is 75.9 Å². The molecule has 3 N–H and O–H groups in total. The zero-order chi connectivity index (χ0) is 8.97. The molecule has 12 heavy (non-hydrogen) atoms. The minimum Gasteiger partial charge on any atom is -0.330 e. The quantitative estimate of drug-likeness (QED) is 0.654. The van der Waals surface area contributed by atoms with E-state index in [9.17, 15) is 0 Å². The van der Waals surface area contributed by atoms with Crippen LogP contribution in [-0.2, 0) is 0 Å². The summed E-state index contributed by atoms with van der Waals surface area (Å²) in [6.45, 7) is 6.34. The van der Waals surface area contributed by atoms with Gasteiger partial charge in [0.15, 0.2) is 0 Å². The molecule has 0 saturated heterocycles. The van der Waals surface area contributed by atoms with E-state index in [4.69, 9.17) is 5.73 Å². The third kappa shape index (κ3) is 2.76. The zero-order valence-corrected chi connectivity index (χ0v) is 8.34. The maximum atomic E-state index is 5.73. The second-order valence-corrected chi connectivity index (χ2v) is 4.25. The van der Waals surface area contributed by atoms with Gasteiger partial charge in [-0.05, 0) is 24.9 Å². The van der Waals surface area contributed by atoms with Crippen LogP contribution in [0.25, 0.3) is 0 Å². The van der Waals surface area contributed by atoms with Crippen molar-refractivity contribution in [1.29, 1.82) is 0 Å². The molecule has 0 radical (unpaired) electrons. The summed E-state index contributed by atoms with van der Waals surface area (Å²) in [7, 11) is 0. The van der Waals surface area contributed by atoms with Gasteiger partial charge in [0, 0.05) is 6.04 Å². The number of hydrogen-bond acceptors (Lipinski definition) is 2. The van der Waals surface area contributed by atoms with Crippen LogP contribution in [0.4, 0.5) is 0 Å². The SMILES string of the molecule is CC(C)NCC(CN)C1CCC1. The molecule has 0 heterocycles. The largest absolute Gasteiger partial charge is 0.330 e. The molecule has 1 atom stereocenters. The van der Waals surface area contributed by atoms with Crippen molar-refractivity contribution in [3.8, 4) is 0 Å². The molecule has 1 unspecified atom stereocenters. The number of hydrogen-bond donors (Lipinski definition) is 2. The molecule has 0 bridgehead atoms. The molecule has 0 aliphatic heterocycles. The summed E-state index contributed by atoms with van der Waals surface area (Å²) >= 11 is 0. The molecule has 0 aromatic rings. The van der Waals surface area contributed by atoms with E-state index >= 15 is 0 Å². The molecule has 2 nitrogen and oxygen atoms in total. The number of rotatable bonds is 5. The van der Waals surface area contributed by atoms with E-state index in [0.717, 1.165) is 24.9 Å². The van der Waals surface area contributed by atoms with E-state index in [2.05, 4.69) is 19.2 Å². The van der Waals surface area contributed by atoms with Crippen molar-refractivity contribution in [2.45, 2.75) is 39.2 Å². The first kappa shape index (κ1) is 10.0. The molecule has 72 valence electrons. The van der Waals surface area contributed by atoms with Crippen LogP contribution in [0.5, 0.6) is 0 Å². The van der Waals surface area contributed by atoms with Crippen molar-refractivity contribution < 1.29 is 0 Å². The highest BCUT2D eigenvalue weighted by Gasteiger charge is 2.25. The average molecular weight is 170 g/mol. The summed E-state index contributed by atoms with van der Waals surface area (Å²) in [5, 5.41) is 3.47. The van der Waals surface area contributed by atoms with E-state index in [1.54, 1.807) is 0 Å². The summed E-state index contributed by atoms with van der Waals surface area (Å²) in [5.41, 5.74) is 5.73. The molecule has 1 rings (SSSR count). The van der Waals surface area contributed by atoms with E-state index in [1.807, 2.05) is 0 Å². The highest BCUT2D eigenvalue weighted by atomic mass is 14.9. The minimum atomic E-state index is 0.596. The van der Waals surface area contributed by atoms with Crippen molar-refractivity contribution >= 4 is 0 Å². The Balaban J connectivity index is 2.15. The van der Waals surface area contributed by atoms with Gasteiger partial charge in [-0.1, -0.05) is 33.1 Å². The van der Waals surface area contributed by atoms with E-state index in [-0.39, 0.29) is 0 Å². The molecule has 1 aliphatic carbocycles. The topological polar surface area (TPSA) is 38.0 Å². The van der Waals surface area contributed by atoms with Gasteiger partial charge in [-0.3, -0.25) is 0 Å². The second-order valence-electron chi connectivity index (χ2n) is 4.25. The smallest absolute Gasteiger partial charge is 0.00105 e. The summed E-state index contributed by atoms with van der Waals surface area (Å²) < 4.78 is 0. The molecular weight excluding hydrogens is 148 g/mol. The Morgan fingerprint density at radius 2 is 2.08 bits per heavy atom. The van der Waals surface area contributed by atoms with Crippen LogP contribution in [0, 0.1) is 11.8 Å². The third-order valence-corrected chi connectivity index (χ3v) is 2.91. The van der Waals surface area contributed by atoms with Crippen LogP contribution in [-0.4, -0.2) is 19.1 Å². The lowest BCUT2D eigenvalue weighted by atomic mass is 9.76. The van der Waals surface area contributed by atoms with Crippen molar-refractivity contribution in [2.24, 2.45) is 17.6 Å². The van der Waals surface area contributed by atoms with Gasteiger partial charge in [0.05, 0.1) is 0 Å². The van der Waals surface area contributed by atoms with Crippen molar-refractivity contribution in [2.75, 3.05) is 13.1 Å². The van der Waals surface area contributed by atoms with Crippen LogP contribution in [0.15, 0.2) is 0 Å². The fourth-order valence-corrected chi connectivity index (χ4v) is 1.74. The van der Waals surface area contributed by atoms with E-state index in [0.29, 0.717) is 6.04 Å². The maximum Gasteiger partial charge on any atom is 0.00105 e. The Morgan fingerprint density at radius 1 is 1.42 bits per heavy atom. The first-order valence-corrected chi connectivity index (χ1v) is 5.17. The number of nitrogens with two attached hydrogens (primary N) is 1. The van der Waals surface area contributed by atoms with Gasteiger partial charge in [0.25, 0.3) is 0 Å². The highest BCUT2D eigenvalue weighted by Crippen LogP contribution is 2.32. The molecule has 1 aliphatic rings. The first-order valence-electron chi connectivity index (χ1n) is 5.17. The van der Waals surface area contributed by atoms with Gasteiger partial charge >= 0.3 is 0 Å². The van der Waals surface area contributed by atoms with Crippen LogP contribution < -0.4 is 11.1 Å². The molecule has 0 spiro atoms. The third-order valence-electron chi connectivity index (χ3n) is 2.91. The highest BCUT2D eigenvalue weighted by molar-refractivity contribution is 4.79. The van der Waals surface area contributed by atoms with Crippen LogP contribution in [0.1, 0.15) is 33.1 Å². The van der Waals surface area contributed by atoms with E-state index < -0.39 is 0 Å². The van der Waals surface area contributed by atoms with E-state index in [1.165, 1.54) is 19.3 Å². The first-order chi connectivity index (χ1) is 5.74. The van der Waals surface area contributed by atoms with Crippen LogP contribution in [0.2, 0.25) is 0 Å². The number of nitrogens with one attached hydrogen (secondary N) is 1. The molecule has 0 aromatic heterocycles. The molecule has 1 fully saturated rings. The maximum absolute atomic E-state index is 5.73. The average Bonchev–Trinajstić information content (AvgIpc) is 1.93. The Kier molecular flexibility index (Phi) is 4.02. The van der Waals surface area contributed by atoms with Crippen molar-refractivity contribution in [1.82, 2.24) is 5.32 Å². The predicted molar refractivity (Wildman–Crippen MR) is 53.0 cm³/mol. The van der Waals surface area contributed by atoms with Gasteiger partial charge in [-0.15, -0.1) is 0 Å². The van der Waals surface area contributed by atoms with Gasteiger partial charge in [-0.2, -0.15) is 0 Å². The normalized spacial score (nSPS) is 21.0. The molecule has 1 saturated carbocycles. The fourth-order valence-electron chi connectivity index (χ4n) is 1.74. The van der Waals surface area contributed by atoms with Crippen molar-refractivity contribution in [3.05, 3.63) is 0 Å². The van der Waals surface area contributed by atoms with Gasteiger partial charge in [0.1, 0.15) is 0 Å². The Bertz CT molecular complexity index is 119. The minimum absolute atomic E-state index is 0.596. The molecular formula is C10H22N2. The summed E-state index contributed by atoms with van der Waals surface area (Å²) in [6.07, 6.45) is 4.23. The Hall–Kier alpha value is -0.0800. The summed E-state index contributed by atoms with van der Waals surface area (Å²) in [6, 6.07) is 0.596. The summed E-state index contributed by atoms with van der Waals surface area (Å²) in [4.78, 5) is 0. The fraction of sp³-hybridized carbons (Fsp3) is 1.00. The second kappa shape index (κ2) is 4.83. The predicted octanol–water partition coefficient (Wildman–Crippen LogP) is 1.36. The van der Waals surface area contributed by atoms with Crippen molar-refractivity contribution in [3.63, 3.8) is 0 Å². The zero-order valence-electron chi connectivity index (χ0n) is 8.34. The Morgan fingerprint density at radius 3 is 2.42 bits per heavy atom. The van der Waals surface area contributed by atoms with Gasteiger partial charge in [-0.25, -0.2) is 0 Å². The molecule has 0 aromatic carbocycles. The lowest BCUT2D eigenvalue weighted by Gasteiger charge is -2.33. The van der Waals surface area contributed by atoms with Gasteiger partial charge in [0.2, 0.25) is 0 Å². The molecule has 0 amide bonds. The molecule has 2 heteroatoms.